The first-order valence-electron chi connectivity index (χ1n) is 8.78. The molecule has 0 spiro atoms. The standard InChI is InChI=1S/C18H20Cl2N2O5S/c1-3-27-17(23)14-10(2)22(11-7-8-28(25,26)9-11)18(24)21-16(14)15-12(19)5-4-6-13(15)20/h4-6,11,16H,3,7-9H2,1-2H3,(H,21,24)/t11-,16-/m0/s1. The Bertz CT molecular complexity index is 940. The molecule has 0 unspecified atom stereocenters. The number of urea groups is 1. The molecule has 0 aromatic heterocycles. The quantitative estimate of drug-likeness (QED) is 0.717. The van der Waals surface area contributed by atoms with E-state index >= 15 is 0 Å². The second kappa shape index (κ2) is 7.93. The highest BCUT2D eigenvalue weighted by atomic mass is 35.5. The van der Waals surface area contributed by atoms with Crippen LogP contribution < -0.4 is 5.32 Å². The Kier molecular flexibility index (Phi) is 5.93. The third kappa shape index (κ3) is 3.86. The Morgan fingerprint density at radius 1 is 1.32 bits per heavy atom. The summed E-state index contributed by atoms with van der Waals surface area (Å²) in [6, 6.07) is 2.94. The molecule has 2 aliphatic rings. The van der Waals surface area contributed by atoms with Crippen LogP contribution in [0.15, 0.2) is 29.5 Å². The maximum Gasteiger partial charge on any atom is 0.338 e. The number of hydrogen-bond acceptors (Lipinski definition) is 5. The van der Waals surface area contributed by atoms with Gasteiger partial charge in [0.1, 0.15) is 0 Å². The summed E-state index contributed by atoms with van der Waals surface area (Å²) in [5.74, 6) is -0.763. The molecule has 1 fully saturated rings. The fourth-order valence-electron chi connectivity index (χ4n) is 3.65. The molecule has 2 heterocycles. The van der Waals surface area contributed by atoms with E-state index in [1.165, 1.54) is 4.90 Å². The first-order chi connectivity index (χ1) is 13.2. The SMILES string of the molecule is CCOC(=O)C1=C(C)N([C@H]2CCS(=O)(=O)C2)C(=O)N[C@@H]1c1c(Cl)cccc1Cl. The number of nitrogens with zero attached hydrogens (tertiary/aromatic N) is 1. The van der Waals surface area contributed by atoms with Crippen LogP contribution in [0.2, 0.25) is 10.0 Å². The molecule has 10 heteroatoms. The molecule has 0 bridgehead atoms. The van der Waals surface area contributed by atoms with Gasteiger partial charge >= 0.3 is 12.0 Å². The topological polar surface area (TPSA) is 92.8 Å². The molecule has 152 valence electrons. The van der Waals surface area contributed by atoms with Crippen LogP contribution in [-0.2, 0) is 19.4 Å². The van der Waals surface area contributed by atoms with Crippen molar-refractivity contribution in [3.8, 4) is 0 Å². The molecule has 1 aromatic carbocycles. The summed E-state index contributed by atoms with van der Waals surface area (Å²) in [4.78, 5) is 27.0. The van der Waals surface area contributed by atoms with Crippen molar-refractivity contribution in [2.45, 2.75) is 32.4 Å². The van der Waals surface area contributed by atoms with E-state index in [1.54, 1.807) is 32.0 Å². The van der Waals surface area contributed by atoms with Gasteiger partial charge in [-0.2, -0.15) is 0 Å². The average Bonchev–Trinajstić information content (AvgIpc) is 2.94. The fraction of sp³-hybridized carbons (Fsp3) is 0.444. The molecular formula is C18H20Cl2N2O5S. The number of hydrogen-bond donors (Lipinski definition) is 1. The number of amides is 2. The maximum atomic E-state index is 12.9. The molecule has 0 radical (unpaired) electrons. The van der Waals surface area contributed by atoms with E-state index in [0.717, 1.165) is 0 Å². The minimum atomic E-state index is -3.22. The van der Waals surface area contributed by atoms with Crippen LogP contribution in [0.25, 0.3) is 0 Å². The van der Waals surface area contributed by atoms with E-state index in [9.17, 15) is 18.0 Å². The van der Waals surface area contributed by atoms with Crippen molar-refractivity contribution in [1.29, 1.82) is 0 Å². The van der Waals surface area contributed by atoms with Crippen molar-refractivity contribution in [1.82, 2.24) is 10.2 Å². The van der Waals surface area contributed by atoms with Crippen molar-refractivity contribution in [3.05, 3.63) is 45.1 Å². The lowest BCUT2D eigenvalue weighted by molar-refractivity contribution is -0.139. The van der Waals surface area contributed by atoms with Crippen molar-refractivity contribution >= 4 is 45.0 Å². The van der Waals surface area contributed by atoms with Crippen molar-refractivity contribution in [3.63, 3.8) is 0 Å². The Labute approximate surface area is 173 Å². The van der Waals surface area contributed by atoms with E-state index in [0.29, 0.717) is 27.7 Å². The number of halogens is 2. The van der Waals surface area contributed by atoms with Crippen LogP contribution in [0, 0.1) is 0 Å². The Morgan fingerprint density at radius 3 is 2.50 bits per heavy atom. The predicted octanol–water partition coefficient (Wildman–Crippen LogP) is 3.08. The van der Waals surface area contributed by atoms with Crippen LogP contribution in [0.5, 0.6) is 0 Å². The van der Waals surface area contributed by atoms with Gasteiger partial charge in [0, 0.05) is 21.3 Å². The van der Waals surface area contributed by atoms with Crippen LogP contribution in [-0.4, -0.2) is 49.5 Å². The van der Waals surface area contributed by atoms with E-state index < -0.39 is 33.9 Å². The van der Waals surface area contributed by atoms with Crippen molar-refractivity contribution in [2.75, 3.05) is 18.1 Å². The lowest BCUT2D eigenvalue weighted by Crippen LogP contribution is -2.52. The van der Waals surface area contributed by atoms with E-state index in [1.807, 2.05) is 0 Å². The van der Waals surface area contributed by atoms with Crippen LogP contribution in [0.4, 0.5) is 4.79 Å². The molecule has 28 heavy (non-hydrogen) atoms. The lowest BCUT2D eigenvalue weighted by atomic mass is 9.94. The first kappa shape index (κ1) is 21.0. The third-order valence-electron chi connectivity index (χ3n) is 4.88. The van der Waals surface area contributed by atoms with Crippen molar-refractivity contribution in [2.24, 2.45) is 0 Å². The van der Waals surface area contributed by atoms with Crippen LogP contribution in [0.3, 0.4) is 0 Å². The number of rotatable bonds is 4. The van der Waals surface area contributed by atoms with Gasteiger partial charge in [0.25, 0.3) is 0 Å². The molecule has 2 atom stereocenters. The monoisotopic (exact) mass is 446 g/mol. The van der Waals surface area contributed by atoms with Crippen LogP contribution >= 0.6 is 23.2 Å². The number of carbonyl (C=O) groups is 2. The van der Waals surface area contributed by atoms with Gasteiger partial charge in [0.05, 0.1) is 35.8 Å². The molecule has 1 aromatic rings. The summed E-state index contributed by atoms with van der Waals surface area (Å²) >= 11 is 12.6. The lowest BCUT2D eigenvalue weighted by Gasteiger charge is -2.38. The third-order valence-corrected chi connectivity index (χ3v) is 7.29. The zero-order valence-electron chi connectivity index (χ0n) is 15.4. The molecule has 3 rings (SSSR count). The molecule has 0 saturated carbocycles. The summed E-state index contributed by atoms with van der Waals surface area (Å²) in [6.45, 7) is 3.42. The summed E-state index contributed by atoms with van der Waals surface area (Å²) < 4.78 is 29.0. The zero-order valence-corrected chi connectivity index (χ0v) is 17.7. The van der Waals surface area contributed by atoms with Gasteiger partial charge in [-0.1, -0.05) is 29.3 Å². The van der Waals surface area contributed by atoms with Crippen molar-refractivity contribution < 1.29 is 22.7 Å². The smallest absolute Gasteiger partial charge is 0.338 e. The van der Waals surface area contributed by atoms with Gasteiger partial charge in [-0.05, 0) is 32.4 Å². The summed E-state index contributed by atoms with van der Waals surface area (Å²) in [6.07, 6.45) is 0.306. The molecule has 2 amide bonds. The molecular weight excluding hydrogens is 427 g/mol. The maximum absolute atomic E-state index is 12.9. The van der Waals surface area contributed by atoms with Gasteiger partial charge in [-0.15, -0.1) is 0 Å². The first-order valence-corrected chi connectivity index (χ1v) is 11.4. The minimum absolute atomic E-state index is 0.00321. The van der Waals surface area contributed by atoms with Gasteiger partial charge in [0.15, 0.2) is 9.84 Å². The largest absolute Gasteiger partial charge is 0.463 e. The second-order valence-electron chi connectivity index (χ2n) is 6.66. The highest BCUT2D eigenvalue weighted by Gasteiger charge is 2.43. The number of nitrogens with one attached hydrogen (secondary N) is 1. The average molecular weight is 447 g/mol. The number of sulfone groups is 1. The molecule has 7 nitrogen and oxygen atoms in total. The number of ether oxygens (including phenoxy) is 1. The molecule has 2 aliphatic heterocycles. The summed E-state index contributed by atoms with van der Waals surface area (Å²) in [7, 11) is -3.22. The fourth-order valence-corrected chi connectivity index (χ4v) is 5.97. The van der Waals surface area contributed by atoms with E-state index in [4.69, 9.17) is 27.9 Å². The number of benzene rings is 1. The van der Waals surface area contributed by atoms with E-state index in [2.05, 4.69) is 5.32 Å². The molecule has 0 aliphatic carbocycles. The summed E-state index contributed by atoms with van der Waals surface area (Å²) in [5, 5.41) is 3.34. The minimum Gasteiger partial charge on any atom is -0.463 e. The Morgan fingerprint density at radius 2 is 1.96 bits per heavy atom. The highest BCUT2D eigenvalue weighted by Crippen LogP contribution is 2.39. The number of allylic oxidation sites excluding steroid dienone is 1. The van der Waals surface area contributed by atoms with Crippen LogP contribution in [0.1, 0.15) is 31.9 Å². The Hall–Kier alpha value is -1.77. The highest BCUT2D eigenvalue weighted by molar-refractivity contribution is 7.91. The number of carbonyl (C=O) groups excluding carboxylic acids is 2. The van der Waals surface area contributed by atoms with E-state index in [-0.39, 0.29) is 23.7 Å². The molecule has 1 N–H and O–H groups in total. The second-order valence-corrected chi connectivity index (χ2v) is 9.71. The van der Waals surface area contributed by atoms with Gasteiger partial charge in [0.2, 0.25) is 0 Å². The van der Waals surface area contributed by atoms with Gasteiger partial charge < -0.3 is 10.1 Å². The normalized spacial score (nSPS) is 24.3. The number of esters is 1. The summed E-state index contributed by atoms with van der Waals surface area (Å²) in [5.41, 5.74) is 0.909. The predicted molar refractivity (Wildman–Crippen MR) is 106 cm³/mol. The molecule has 1 saturated heterocycles. The van der Waals surface area contributed by atoms with Gasteiger partial charge in [-0.25, -0.2) is 18.0 Å². The zero-order chi connectivity index (χ0) is 20.6. The van der Waals surface area contributed by atoms with Gasteiger partial charge in [-0.3, -0.25) is 4.90 Å². The Balaban J connectivity index is 2.12.